The third kappa shape index (κ3) is 6.16. The van der Waals surface area contributed by atoms with Gasteiger partial charge < -0.3 is 19.9 Å². The van der Waals surface area contributed by atoms with Crippen LogP contribution in [0.1, 0.15) is 10.4 Å². The molecular weight excluding hydrogens is 424 g/mol. The van der Waals surface area contributed by atoms with Crippen molar-refractivity contribution in [3.8, 4) is 5.75 Å². The zero-order valence-corrected chi connectivity index (χ0v) is 18.1. The van der Waals surface area contributed by atoms with E-state index in [0.717, 1.165) is 13.1 Å². The molecule has 30 heavy (non-hydrogen) atoms. The van der Waals surface area contributed by atoms with E-state index in [1.165, 1.54) is 0 Å². The minimum atomic E-state index is -0.405. The first-order valence-corrected chi connectivity index (χ1v) is 10.3. The van der Waals surface area contributed by atoms with Gasteiger partial charge in [-0.2, -0.15) is 0 Å². The lowest BCUT2D eigenvalue weighted by Gasteiger charge is -2.32. The molecule has 158 valence electrons. The van der Waals surface area contributed by atoms with Crippen LogP contribution in [0.2, 0.25) is 5.02 Å². The molecule has 0 bridgehead atoms. The molecule has 1 fully saturated rings. The van der Waals surface area contributed by atoms with Gasteiger partial charge in [0.15, 0.2) is 11.7 Å². The molecule has 2 aromatic carbocycles. The van der Waals surface area contributed by atoms with Gasteiger partial charge in [0.2, 0.25) is 0 Å². The Balaban J connectivity index is 1.56. The lowest BCUT2D eigenvalue weighted by atomic mass is 10.1. The van der Waals surface area contributed by atoms with E-state index in [9.17, 15) is 9.59 Å². The van der Waals surface area contributed by atoms with E-state index < -0.39 is 5.91 Å². The third-order valence-corrected chi connectivity index (χ3v) is 5.15. The first-order valence-electron chi connectivity index (χ1n) is 9.48. The van der Waals surface area contributed by atoms with Crippen molar-refractivity contribution in [1.29, 1.82) is 0 Å². The quantitative estimate of drug-likeness (QED) is 0.688. The average molecular weight is 447 g/mol. The smallest absolute Gasteiger partial charge is 0.264 e. The summed E-state index contributed by atoms with van der Waals surface area (Å²) >= 11 is 11.4. The molecular formula is C21H23ClN4O3S. The molecule has 0 spiro atoms. The SMILES string of the molecule is CN1CCN(C(=O)c2ccc(Cl)c(NC(=S)NC(=O)COc3ccccc3)c2)CC1. The van der Waals surface area contributed by atoms with Crippen LogP contribution in [-0.2, 0) is 4.79 Å². The van der Waals surface area contributed by atoms with Gasteiger partial charge in [-0.05, 0) is 49.6 Å². The molecule has 1 heterocycles. The molecule has 2 aromatic rings. The Morgan fingerprint density at radius 2 is 1.80 bits per heavy atom. The first-order chi connectivity index (χ1) is 14.4. The predicted octanol–water partition coefficient (Wildman–Crippen LogP) is 2.62. The molecule has 1 aliphatic heterocycles. The second-order valence-electron chi connectivity index (χ2n) is 6.89. The lowest BCUT2D eigenvalue weighted by Crippen LogP contribution is -2.47. The van der Waals surface area contributed by atoms with Crippen LogP contribution in [0.3, 0.4) is 0 Å². The maximum Gasteiger partial charge on any atom is 0.264 e. The molecule has 0 atom stereocenters. The van der Waals surface area contributed by atoms with Crippen LogP contribution >= 0.6 is 23.8 Å². The van der Waals surface area contributed by atoms with E-state index in [1.54, 1.807) is 30.3 Å². The van der Waals surface area contributed by atoms with Gasteiger partial charge in [0.25, 0.3) is 11.8 Å². The number of nitrogens with one attached hydrogen (secondary N) is 2. The van der Waals surface area contributed by atoms with Crippen molar-refractivity contribution in [3.05, 3.63) is 59.1 Å². The number of hydrogen-bond donors (Lipinski definition) is 2. The number of rotatable bonds is 5. The molecule has 9 heteroatoms. The maximum absolute atomic E-state index is 12.8. The fourth-order valence-corrected chi connectivity index (χ4v) is 3.32. The number of amides is 2. The van der Waals surface area contributed by atoms with Crippen molar-refractivity contribution in [2.24, 2.45) is 0 Å². The Kier molecular flexibility index (Phi) is 7.62. The summed E-state index contributed by atoms with van der Waals surface area (Å²) < 4.78 is 5.39. The zero-order valence-electron chi connectivity index (χ0n) is 16.6. The van der Waals surface area contributed by atoms with Crippen molar-refractivity contribution < 1.29 is 14.3 Å². The second kappa shape index (κ2) is 10.4. The Labute approximate surface area is 185 Å². The van der Waals surface area contributed by atoms with Crippen molar-refractivity contribution >= 4 is 46.4 Å². The standard InChI is InChI=1S/C21H23ClN4O3S/c1-25-9-11-26(12-10-25)20(28)15-7-8-17(22)18(13-15)23-21(30)24-19(27)14-29-16-5-3-2-4-6-16/h2-8,13H,9-12,14H2,1H3,(H2,23,24,27,30). The molecule has 0 aromatic heterocycles. The summed E-state index contributed by atoms with van der Waals surface area (Å²) in [6.45, 7) is 2.85. The number of para-hydroxylation sites is 1. The van der Waals surface area contributed by atoms with Crippen LogP contribution in [0.15, 0.2) is 48.5 Å². The molecule has 0 saturated carbocycles. The van der Waals surface area contributed by atoms with Crippen LogP contribution in [0, 0.1) is 0 Å². The van der Waals surface area contributed by atoms with E-state index in [2.05, 4.69) is 15.5 Å². The van der Waals surface area contributed by atoms with Crippen LogP contribution in [-0.4, -0.2) is 66.6 Å². The number of halogens is 1. The number of nitrogens with zero attached hydrogens (tertiary/aromatic N) is 2. The molecule has 2 N–H and O–H groups in total. The summed E-state index contributed by atoms with van der Waals surface area (Å²) in [7, 11) is 2.03. The van der Waals surface area contributed by atoms with Gasteiger partial charge in [-0.3, -0.25) is 14.9 Å². The number of piperazine rings is 1. The van der Waals surface area contributed by atoms with E-state index in [4.69, 9.17) is 28.6 Å². The summed E-state index contributed by atoms with van der Waals surface area (Å²) in [5, 5.41) is 5.88. The fraction of sp³-hybridized carbons (Fsp3) is 0.286. The number of carbonyl (C=O) groups excluding carboxylic acids is 2. The van der Waals surface area contributed by atoms with Gasteiger partial charge >= 0.3 is 0 Å². The van der Waals surface area contributed by atoms with Crippen LogP contribution in [0.4, 0.5) is 5.69 Å². The number of likely N-dealkylation sites (N-methyl/N-ethyl adjacent to an activating group) is 1. The minimum Gasteiger partial charge on any atom is -0.484 e. The van der Waals surface area contributed by atoms with Crippen molar-refractivity contribution in [2.75, 3.05) is 45.2 Å². The fourth-order valence-electron chi connectivity index (χ4n) is 2.93. The summed E-state index contributed by atoms with van der Waals surface area (Å²) in [5.41, 5.74) is 0.957. The highest BCUT2D eigenvalue weighted by Crippen LogP contribution is 2.24. The molecule has 3 rings (SSSR count). The highest BCUT2D eigenvalue weighted by molar-refractivity contribution is 7.80. The van der Waals surface area contributed by atoms with Crippen molar-refractivity contribution in [2.45, 2.75) is 0 Å². The van der Waals surface area contributed by atoms with Crippen molar-refractivity contribution in [3.63, 3.8) is 0 Å². The van der Waals surface area contributed by atoms with E-state index in [0.29, 0.717) is 35.1 Å². The molecule has 2 amide bonds. The molecule has 1 aliphatic rings. The number of anilines is 1. The number of ether oxygens (including phenoxy) is 1. The van der Waals surface area contributed by atoms with Gasteiger partial charge in [-0.15, -0.1) is 0 Å². The highest BCUT2D eigenvalue weighted by Gasteiger charge is 2.21. The number of benzene rings is 2. The van der Waals surface area contributed by atoms with Gasteiger partial charge in [0, 0.05) is 31.7 Å². The molecule has 0 aliphatic carbocycles. The second-order valence-corrected chi connectivity index (χ2v) is 7.71. The normalized spacial score (nSPS) is 14.1. The zero-order chi connectivity index (χ0) is 21.5. The Bertz CT molecular complexity index is 918. The predicted molar refractivity (Wildman–Crippen MR) is 121 cm³/mol. The summed E-state index contributed by atoms with van der Waals surface area (Å²) in [5.74, 6) is 0.121. The lowest BCUT2D eigenvalue weighted by molar-refractivity contribution is -0.121. The number of carbonyl (C=O) groups is 2. The molecule has 0 unspecified atom stereocenters. The molecule has 7 nitrogen and oxygen atoms in total. The molecule has 0 radical (unpaired) electrons. The monoisotopic (exact) mass is 446 g/mol. The first kappa shape index (κ1) is 22.0. The minimum absolute atomic E-state index is 0.0611. The Hall–Kier alpha value is -2.68. The van der Waals surface area contributed by atoms with Crippen LogP contribution in [0.5, 0.6) is 5.75 Å². The van der Waals surface area contributed by atoms with E-state index in [-0.39, 0.29) is 17.6 Å². The average Bonchev–Trinajstić information content (AvgIpc) is 2.74. The summed E-state index contributed by atoms with van der Waals surface area (Å²) in [6.07, 6.45) is 0. The molecule has 1 saturated heterocycles. The largest absolute Gasteiger partial charge is 0.484 e. The Morgan fingerprint density at radius 3 is 2.50 bits per heavy atom. The number of thiocarbonyl (C=S) groups is 1. The van der Waals surface area contributed by atoms with E-state index in [1.807, 2.05) is 30.1 Å². The highest BCUT2D eigenvalue weighted by atomic mass is 35.5. The third-order valence-electron chi connectivity index (χ3n) is 4.62. The van der Waals surface area contributed by atoms with Gasteiger partial charge in [0.05, 0.1) is 10.7 Å². The van der Waals surface area contributed by atoms with Gasteiger partial charge in [-0.25, -0.2) is 0 Å². The van der Waals surface area contributed by atoms with E-state index >= 15 is 0 Å². The maximum atomic E-state index is 12.8. The van der Waals surface area contributed by atoms with Gasteiger partial charge in [-0.1, -0.05) is 29.8 Å². The van der Waals surface area contributed by atoms with Crippen molar-refractivity contribution in [1.82, 2.24) is 15.1 Å². The van der Waals surface area contributed by atoms with Crippen LogP contribution in [0.25, 0.3) is 0 Å². The topological polar surface area (TPSA) is 73.9 Å². The summed E-state index contributed by atoms with van der Waals surface area (Å²) in [6, 6.07) is 14.0. The summed E-state index contributed by atoms with van der Waals surface area (Å²) in [4.78, 5) is 28.8. The number of hydrogen-bond acceptors (Lipinski definition) is 5. The van der Waals surface area contributed by atoms with Crippen LogP contribution < -0.4 is 15.4 Å². The Morgan fingerprint density at radius 1 is 1.10 bits per heavy atom. The van der Waals surface area contributed by atoms with Gasteiger partial charge in [0.1, 0.15) is 5.75 Å².